The van der Waals surface area contributed by atoms with E-state index in [0.29, 0.717) is 6.61 Å². The molecule has 3 heteroatoms. The molecule has 9 heavy (non-hydrogen) atoms. The molecular weight excluding hydrogens is 118 g/mol. The highest BCUT2D eigenvalue weighted by molar-refractivity contribution is 4.75. The lowest BCUT2D eigenvalue weighted by Crippen LogP contribution is -2.32. The fourth-order valence-corrected chi connectivity index (χ4v) is 1.01. The molecule has 2 N–H and O–H groups in total. The molecule has 54 valence electrons. The molecular formula is C6H13NO2. The van der Waals surface area contributed by atoms with Gasteiger partial charge in [-0.05, 0) is 13.3 Å². The third-order valence-electron chi connectivity index (χ3n) is 1.48. The Balaban J connectivity index is 2.22. The summed E-state index contributed by atoms with van der Waals surface area (Å²) < 4.78 is 5.15. The second-order valence-electron chi connectivity index (χ2n) is 2.19. The van der Waals surface area contributed by atoms with Crippen LogP contribution in [0.5, 0.6) is 0 Å². The fraction of sp³-hybridized carbons (Fsp3) is 1.00. The van der Waals surface area contributed by atoms with Gasteiger partial charge in [0.15, 0.2) is 0 Å². The highest BCUT2D eigenvalue weighted by atomic mass is 16.5. The molecule has 1 saturated heterocycles. The van der Waals surface area contributed by atoms with Crippen molar-refractivity contribution in [2.24, 2.45) is 0 Å². The topological polar surface area (TPSA) is 41.5 Å². The van der Waals surface area contributed by atoms with E-state index in [1.54, 1.807) is 0 Å². The van der Waals surface area contributed by atoms with E-state index in [0.717, 1.165) is 13.0 Å². The first-order valence-electron chi connectivity index (χ1n) is 3.37. The molecule has 1 heterocycles. The zero-order chi connectivity index (χ0) is 6.69. The third kappa shape index (κ3) is 1.64. The molecule has 0 radical (unpaired) electrons. The molecule has 0 aromatic carbocycles. The van der Waals surface area contributed by atoms with E-state index in [4.69, 9.17) is 9.84 Å². The minimum atomic E-state index is -0.301. The van der Waals surface area contributed by atoms with Crippen molar-refractivity contribution < 1.29 is 9.84 Å². The minimum absolute atomic E-state index is 0.116. The van der Waals surface area contributed by atoms with E-state index in [1.807, 2.05) is 6.92 Å². The number of rotatable bonds is 2. The average Bonchev–Trinajstić information content (AvgIpc) is 2.18. The Labute approximate surface area is 55.0 Å². The van der Waals surface area contributed by atoms with Crippen LogP contribution in [0.25, 0.3) is 0 Å². The molecule has 0 aromatic heterocycles. The molecule has 0 saturated carbocycles. The first kappa shape index (κ1) is 6.99. The molecule has 3 nitrogen and oxygen atoms in total. The van der Waals surface area contributed by atoms with E-state index in [9.17, 15) is 0 Å². The molecule has 1 aliphatic rings. The zero-order valence-electron chi connectivity index (χ0n) is 5.63. The Morgan fingerprint density at radius 2 is 2.56 bits per heavy atom. The molecule has 0 aliphatic carbocycles. The summed E-state index contributed by atoms with van der Waals surface area (Å²) in [7, 11) is 0. The molecule has 0 bridgehead atoms. The van der Waals surface area contributed by atoms with Crippen LogP contribution in [0, 0.1) is 0 Å². The van der Waals surface area contributed by atoms with Crippen molar-refractivity contribution in [3.63, 3.8) is 0 Å². The predicted octanol–water partition coefficient (Wildman–Crippen LogP) is -0.297. The molecule has 0 aromatic rings. The monoisotopic (exact) mass is 131 g/mol. The normalized spacial score (nSPS) is 35.3. The van der Waals surface area contributed by atoms with Crippen molar-refractivity contribution in [3.05, 3.63) is 0 Å². The third-order valence-corrected chi connectivity index (χ3v) is 1.48. The van der Waals surface area contributed by atoms with Crippen LogP contribution in [0.2, 0.25) is 0 Å². The number of hydrogen-bond acceptors (Lipinski definition) is 3. The van der Waals surface area contributed by atoms with Gasteiger partial charge in [0.2, 0.25) is 0 Å². The summed E-state index contributed by atoms with van der Waals surface area (Å²) in [5.41, 5.74) is 0. The Morgan fingerprint density at radius 3 is 3.00 bits per heavy atom. The summed E-state index contributed by atoms with van der Waals surface area (Å²) in [6.45, 7) is 3.45. The fourth-order valence-electron chi connectivity index (χ4n) is 1.01. The Kier molecular flexibility index (Phi) is 2.45. The van der Waals surface area contributed by atoms with Gasteiger partial charge in [0.1, 0.15) is 6.23 Å². The first-order valence-corrected chi connectivity index (χ1v) is 3.37. The van der Waals surface area contributed by atoms with Gasteiger partial charge in [-0.15, -0.1) is 0 Å². The van der Waals surface area contributed by atoms with E-state index >= 15 is 0 Å². The number of nitrogens with one attached hydrogen (secondary N) is 1. The van der Waals surface area contributed by atoms with Gasteiger partial charge in [0.05, 0.1) is 6.10 Å². The smallest absolute Gasteiger partial charge is 0.134 e. The highest BCUT2D eigenvalue weighted by Gasteiger charge is 2.23. The number of aliphatic hydroxyl groups is 1. The molecule has 1 rings (SSSR count). The van der Waals surface area contributed by atoms with Crippen LogP contribution in [0.15, 0.2) is 0 Å². The lowest BCUT2D eigenvalue weighted by Gasteiger charge is -2.13. The minimum Gasteiger partial charge on any atom is -0.389 e. The quantitative estimate of drug-likeness (QED) is 0.540. The van der Waals surface area contributed by atoms with Crippen molar-refractivity contribution >= 4 is 0 Å². The van der Waals surface area contributed by atoms with Crippen LogP contribution in [0.1, 0.15) is 13.3 Å². The van der Waals surface area contributed by atoms with E-state index < -0.39 is 0 Å². The van der Waals surface area contributed by atoms with Crippen LogP contribution in [-0.4, -0.2) is 30.6 Å². The predicted molar refractivity (Wildman–Crippen MR) is 34.0 cm³/mol. The molecule has 1 fully saturated rings. The van der Waals surface area contributed by atoms with Crippen molar-refractivity contribution in [3.8, 4) is 0 Å². The SMILES string of the molecule is CCO[C@@H]1NCC[C@H]1O. The standard InChI is InChI=1S/C6H13NO2/c1-2-9-6-5(8)3-4-7-6/h5-8H,2-4H2,1H3/t5-,6+/m1/s1. The van der Waals surface area contributed by atoms with Crippen molar-refractivity contribution in [1.82, 2.24) is 5.32 Å². The van der Waals surface area contributed by atoms with Gasteiger partial charge in [-0.1, -0.05) is 0 Å². The molecule has 0 spiro atoms. The summed E-state index contributed by atoms with van der Waals surface area (Å²) in [5.74, 6) is 0. The van der Waals surface area contributed by atoms with Crippen LogP contribution < -0.4 is 5.32 Å². The van der Waals surface area contributed by atoms with Gasteiger partial charge in [0.25, 0.3) is 0 Å². The van der Waals surface area contributed by atoms with Crippen molar-refractivity contribution in [2.75, 3.05) is 13.2 Å². The maximum absolute atomic E-state index is 9.13. The van der Waals surface area contributed by atoms with E-state index in [2.05, 4.69) is 5.32 Å². The summed E-state index contributed by atoms with van der Waals surface area (Å²) in [6.07, 6.45) is 0.393. The number of ether oxygens (including phenoxy) is 1. The maximum Gasteiger partial charge on any atom is 0.134 e. The number of hydrogen-bond donors (Lipinski definition) is 2. The van der Waals surface area contributed by atoms with Crippen LogP contribution in [-0.2, 0) is 4.74 Å². The average molecular weight is 131 g/mol. The second kappa shape index (κ2) is 3.15. The van der Waals surface area contributed by atoms with Gasteiger partial charge >= 0.3 is 0 Å². The summed E-state index contributed by atoms with van der Waals surface area (Å²) >= 11 is 0. The summed E-state index contributed by atoms with van der Waals surface area (Å²) in [5, 5.41) is 12.2. The summed E-state index contributed by atoms with van der Waals surface area (Å²) in [4.78, 5) is 0. The van der Waals surface area contributed by atoms with Gasteiger partial charge in [0, 0.05) is 13.2 Å². The lowest BCUT2D eigenvalue weighted by atomic mass is 10.3. The van der Waals surface area contributed by atoms with Gasteiger partial charge in [-0.25, -0.2) is 0 Å². The van der Waals surface area contributed by atoms with E-state index in [1.165, 1.54) is 0 Å². The first-order chi connectivity index (χ1) is 4.34. The Morgan fingerprint density at radius 1 is 1.78 bits per heavy atom. The molecule has 0 amide bonds. The van der Waals surface area contributed by atoms with E-state index in [-0.39, 0.29) is 12.3 Å². The van der Waals surface area contributed by atoms with Crippen LogP contribution >= 0.6 is 0 Å². The van der Waals surface area contributed by atoms with Crippen LogP contribution in [0.4, 0.5) is 0 Å². The van der Waals surface area contributed by atoms with Gasteiger partial charge in [-0.3, -0.25) is 5.32 Å². The highest BCUT2D eigenvalue weighted by Crippen LogP contribution is 2.06. The lowest BCUT2D eigenvalue weighted by molar-refractivity contribution is -0.0245. The largest absolute Gasteiger partial charge is 0.389 e. The summed E-state index contributed by atoms with van der Waals surface area (Å²) in [6, 6.07) is 0. The van der Waals surface area contributed by atoms with Crippen molar-refractivity contribution in [1.29, 1.82) is 0 Å². The Bertz CT molecular complexity index is 87.1. The Hall–Kier alpha value is -0.120. The molecule has 0 unspecified atom stereocenters. The van der Waals surface area contributed by atoms with Crippen LogP contribution in [0.3, 0.4) is 0 Å². The molecule has 1 aliphatic heterocycles. The number of aliphatic hydroxyl groups excluding tert-OH is 1. The molecule has 2 atom stereocenters. The van der Waals surface area contributed by atoms with Crippen molar-refractivity contribution in [2.45, 2.75) is 25.7 Å². The van der Waals surface area contributed by atoms with Gasteiger partial charge in [-0.2, -0.15) is 0 Å². The zero-order valence-corrected chi connectivity index (χ0v) is 5.63. The maximum atomic E-state index is 9.13. The van der Waals surface area contributed by atoms with Gasteiger partial charge < -0.3 is 9.84 Å². The second-order valence-corrected chi connectivity index (χ2v) is 2.19.